The van der Waals surface area contributed by atoms with Crippen LogP contribution in [0, 0.1) is 0 Å². The van der Waals surface area contributed by atoms with Gasteiger partial charge >= 0.3 is 6.18 Å². The van der Waals surface area contributed by atoms with Crippen LogP contribution in [0.25, 0.3) is 0 Å². The number of nitrogens with one attached hydrogen (secondary N) is 2. The fourth-order valence-electron chi connectivity index (χ4n) is 2.60. The minimum Gasteiger partial charge on any atom is -0.356 e. The lowest BCUT2D eigenvalue weighted by Crippen LogP contribution is -2.43. The van der Waals surface area contributed by atoms with E-state index in [9.17, 15) is 13.2 Å². The molecule has 0 saturated heterocycles. The molecular weight excluding hydrogens is 458 g/mol. The third-order valence-corrected chi connectivity index (χ3v) is 4.07. The summed E-state index contributed by atoms with van der Waals surface area (Å²) >= 11 is 0. The van der Waals surface area contributed by atoms with Crippen LogP contribution in [0.2, 0.25) is 0 Å². The van der Waals surface area contributed by atoms with E-state index in [0.29, 0.717) is 31.5 Å². The Hall–Kier alpha value is -0.290. The molecule has 5 nitrogen and oxygen atoms in total. The van der Waals surface area contributed by atoms with Crippen molar-refractivity contribution in [2.75, 3.05) is 53.4 Å². The van der Waals surface area contributed by atoms with Crippen LogP contribution in [0.5, 0.6) is 0 Å². The van der Waals surface area contributed by atoms with Crippen LogP contribution in [0.3, 0.4) is 0 Å². The SMILES string of the molecule is CCN(CC)CCCC(C)NC(=NC)NCCCN(C)CC(F)(F)F.I. The van der Waals surface area contributed by atoms with Crippen LogP contribution in [0.15, 0.2) is 4.99 Å². The van der Waals surface area contributed by atoms with Crippen LogP contribution in [-0.2, 0) is 0 Å². The zero-order chi connectivity index (χ0) is 19.3. The highest BCUT2D eigenvalue weighted by Crippen LogP contribution is 2.15. The van der Waals surface area contributed by atoms with Gasteiger partial charge in [-0.1, -0.05) is 13.8 Å². The van der Waals surface area contributed by atoms with Crippen molar-refractivity contribution >= 4 is 29.9 Å². The number of nitrogens with zero attached hydrogens (tertiary/aromatic N) is 3. The van der Waals surface area contributed by atoms with Crippen LogP contribution in [0.4, 0.5) is 13.2 Å². The molecule has 1 atom stereocenters. The highest BCUT2D eigenvalue weighted by molar-refractivity contribution is 14.0. The maximum absolute atomic E-state index is 12.2. The molecule has 1 unspecified atom stereocenters. The van der Waals surface area contributed by atoms with Crippen LogP contribution >= 0.6 is 24.0 Å². The number of rotatable bonds is 12. The summed E-state index contributed by atoms with van der Waals surface area (Å²) in [7, 11) is 3.19. The van der Waals surface area contributed by atoms with Gasteiger partial charge in [-0.25, -0.2) is 0 Å². The lowest BCUT2D eigenvalue weighted by molar-refractivity contribution is -0.143. The summed E-state index contributed by atoms with van der Waals surface area (Å²) in [6, 6.07) is 0.301. The Kier molecular flexibility index (Phi) is 16.9. The molecule has 0 aliphatic carbocycles. The van der Waals surface area contributed by atoms with Gasteiger partial charge in [0.15, 0.2) is 5.96 Å². The molecule has 0 aliphatic rings. The van der Waals surface area contributed by atoms with E-state index < -0.39 is 12.7 Å². The Morgan fingerprint density at radius 3 is 2.23 bits per heavy atom. The van der Waals surface area contributed by atoms with Crippen molar-refractivity contribution in [2.45, 2.75) is 52.3 Å². The quantitative estimate of drug-likeness (QED) is 0.189. The van der Waals surface area contributed by atoms with E-state index in [1.54, 1.807) is 7.05 Å². The molecule has 0 aliphatic heterocycles. The summed E-state index contributed by atoms with van der Waals surface area (Å²) in [6.45, 7) is 9.81. The maximum atomic E-state index is 12.2. The van der Waals surface area contributed by atoms with E-state index in [2.05, 4.69) is 41.3 Å². The predicted octanol–water partition coefficient (Wildman–Crippen LogP) is 3.16. The first-order chi connectivity index (χ1) is 11.7. The third kappa shape index (κ3) is 15.9. The summed E-state index contributed by atoms with van der Waals surface area (Å²) < 4.78 is 36.7. The molecule has 0 bridgehead atoms. The van der Waals surface area contributed by atoms with Gasteiger partial charge in [0.2, 0.25) is 0 Å². The van der Waals surface area contributed by atoms with E-state index >= 15 is 0 Å². The number of aliphatic imine (C=N–C) groups is 1. The number of hydrogen-bond donors (Lipinski definition) is 2. The van der Waals surface area contributed by atoms with Gasteiger partial charge in [-0.3, -0.25) is 9.89 Å². The van der Waals surface area contributed by atoms with Gasteiger partial charge in [-0.2, -0.15) is 13.2 Å². The van der Waals surface area contributed by atoms with E-state index in [0.717, 1.165) is 32.5 Å². The highest BCUT2D eigenvalue weighted by Gasteiger charge is 2.28. The van der Waals surface area contributed by atoms with E-state index in [1.807, 2.05) is 0 Å². The minimum absolute atomic E-state index is 0. The maximum Gasteiger partial charge on any atom is 0.401 e. The van der Waals surface area contributed by atoms with Crippen molar-refractivity contribution < 1.29 is 13.2 Å². The molecule has 26 heavy (non-hydrogen) atoms. The molecular formula is C17H37F3IN5. The molecule has 0 heterocycles. The second-order valence-electron chi connectivity index (χ2n) is 6.42. The van der Waals surface area contributed by atoms with Crippen LogP contribution < -0.4 is 10.6 Å². The first-order valence-electron chi connectivity index (χ1n) is 9.16. The first-order valence-corrected chi connectivity index (χ1v) is 9.16. The van der Waals surface area contributed by atoms with Gasteiger partial charge < -0.3 is 15.5 Å². The molecule has 158 valence electrons. The average molecular weight is 495 g/mol. The smallest absolute Gasteiger partial charge is 0.356 e. The Labute approximate surface area is 174 Å². The topological polar surface area (TPSA) is 42.9 Å². The van der Waals surface area contributed by atoms with Crippen molar-refractivity contribution in [1.82, 2.24) is 20.4 Å². The first kappa shape index (κ1) is 27.9. The predicted molar refractivity (Wildman–Crippen MR) is 115 cm³/mol. The molecule has 0 radical (unpaired) electrons. The largest absolute Gasteiger partial charge is 0.401 e. The second kappa shape index (κ2) is 15.7. The highest BCUT2D eigenvalue weighted by atomic mass is 127. The number of hydrogen-bond acceptors (Lipinski definition) is 3. The Balaban J connectivity index is 0. The van der Waals surface area contributed by atoms with Crippen molar-refractivity contribution in [3.05, 3.63) is 0 Å². The van der Waals surface area contributed by atoms with Gasteiger partial charge in [0.25, 0.3) is 0 Å². The fourth-order valence-corrected chi connectivity index (χ4v) is 2.60. The molecule has 0 spiro atoms. The van der Waals surface area contributed by atoms with Crippen molar-refractivity contribution in [3.63, 3.8) is 0 Å². The molecule has 9 heteroatoms. The van der Waals surface area contributed by atoms with Gasteiger partial charge in [0.1, 0.15) is 0 Å². The zero-order valence-electron chi connectivity index (χ0n) is 16.8. The monoisotopic (exact) mass is 495 g/mol. The lowest BCUT2D eigenvalue weighted by Gasteiger charge is -2.22. The second-order valence-corrected chi connectivity index (χ2v) is 6.42. The standard InChI is InChI=1S/C17H36F3N5.HI/c1-6-25(7-2)13-8-10-15(3)23-16(21-4)22-11-9-12-24(5)14-17(18,19)20;/h15H,6-14H2,1-5H3,(H2,21,22,23);1H. The molecule has 0 amide bonds. The summed E-state index contributed by atoms with van der Waals surface area (Å²) in [5.41, 5.74) is 0. The molecule has 0 fully saturated rings. The van der Waals surface area contributed by atoms with Gasteiger partial charge in [-0.15, -0.1) is 24.0 Å². The minimum atomic E-state index is -4.14. The summed E-state index contributed by atoms with van der Waals surface area (Å²) in [5, 5.41) is 6.49. The van der Waals surface area contributed by atoms with Gasteiger partial charge in [0.05, 0.1) is 6.54 Å². The molecule has 0 aromatic carbocycles. The Bertz CT molecular complexity index is 363. The zero-order valence-corrected chi connectivity index (χ0v) is 19.2. The summed E-state index contributed by atoms with van der Waals surface area (Å²) in [4.78, 5) is 7.86. The Morgan fingerprint density at radius 1 is 1.12 bits per heavy atom. The number of alkyl halides is 3. The van der Waals surface area contributed by atoms with Crippen molar-refractivity contribution in [2.24, 2.45) is 4.99 Å². The van der Waals surface area contributed by atoms with Gasteiger partial charge in [-0.05, 0) is 59.4 Å². The molecule has 0 rings (SSSR count). The Morgan fingerprint density at radius 2 is 1.73 bits per heavy atom. The van der Waals surface area contributed by atoms with Crippen molar-refractivity contribution in [1.29, 1.82) is 0 Å². The molecule has 0 aromatic heterocycles. The van der Waals surface area contributed by atoms with E-state index in [1.165, 1.54) is 11.9 Å². The normalized spacial score (nSPS) is 13.7. The molecule has 2 N–H and O–H groups in total. The average Bonchev–Trinajstić information content (AvgIpc) is 2.52. The van der Waals surface area contributed by atoms with Crippen LogP contribution in [-0.4, -0.2) is 81.3 Å². The molecule has 0 saturated carbocycles. The van der Waals surface area contributed by atoms with Crippen molar-refractivity contribution in [3.8, 4) is 0 Å². The van der Waals surface area contributed by atoms with E-state index in [4.69, 9.17) is 0 Å². The van der Waals surface area contributed by atoms with Gasteiger partial charge in [0, 0.05) is 19.6 Å². The third-order valence-electron chi connectivity index (χ3n) is 4.07. The fraction of sp³-hybridized carbons (Fsp3) is 0.941. The number of guanidine groups is 1. The summed E-state index contributed by atoms with van der Waals surface area (Å²) in [5.74, 6) is 0.703. The molecule has 0 aromatic rings. The lowest BCUT2D eigenvalue weighted by atomic mass is 10.2. The van der Waals surface area contributed by atoms with E-state index in [-0.39, 0.29) is 24.0 Å². The number of halogens is 4. The summed E-state index contributed by atoms with van der Waals surface area (Å²) in [6.07, 6.45) is -1.34. The van der Waals surface area contributed by atoms with Crippen LogP contribution in [0.1, 0.15) is 40.0 Å².